The smallest absolute Gasteiger partial charge is 0.267 e. The Balaban J connectivity index is 2.26. The lowest BCUT2D eigenvalue weighted by molar-refractivity contribution is 0.506. The summed E-state index contributed by atoms with van der Waals surface area (Å²) < 4.78 is 2.25. The molecule has 5 heteroatoms. The fourth-order valence-corrected chi connectivity index (χ4v) is 2.77. The average Bonchev–Trinajstić information content (AvgIpc) is 2.54. The number of nitrogens with zero attached hydrogens (tertiary/aromatic N) is 3. The topological polar surface area (TPSA) is 47.2 Å². The van der Waals surface area contributed by atoms with Crippen LogP contribution in [0.2, 0.25) is 0 Å². The summed E-state index contributed by atoms with van der Waals surface area (Å²) >= 11 is 3.41. The molecule has 0 aliphatic rings. The fourth-order valence-electron chi connectivity index (χ4n) is 2.40. The molecular weight excluding hydrogens is 366 g/mol. The van der Waals surface area contributed by atoms with Crippen LogP contribution in [0.5, 0.6) is 0 Å². The maximum Gasteiger partial charge on any atom is 0.282 e. The normalized spacial score (nSPS) is 12.2. The Bertz CT molecular complexity index is 970. The zero-order chi connectivity index (χ0) is 17.3. The van der Waals surface area contributed by atoms with E-state index in [0.717, 1.165) is 10.0 Å². The molecule has 0 spiro atoms. The van der Waals surface area contributed by atoms with Gasteiger partial charge in [-0.05, 0) is 23.8 Å². The summed E-state index contributed by atoms with van der Waals surface area (Å²) in [6.07, 6.45) is 1.68. The second-order valence-corrected chi connectivity index (χ2v) is 7.53. The van der Waals surface area contributed by atoms with Crippen LogP contribution in [0.25, 0.3) is 10.9 Å². The molecule has 0 bridgehead atoms. The van der Waals surface area contributed by atoms with Crippen LogP contribution >= 0.6 is 15.9 Å². The lowest BCUT2D eigenvalue weighted by Gasteiger charge is -2.20. The first kappa shape index (κ1) is 16.6. The molecule has 0 radical (unpaired) electrons. The number of rotatable bonds is 2. The first-order valence-electron chi connectivity index (χ1n) is 7.68. The van der Waals surface area contributed by atoms with Crippen LogP contribution in [0.3, 0.4) is 0 Å². The molecule has 0 aliphatic heterocycles. The maximum absolute atomic E-state index is 13.0. The van der Waals surface area contributed by atoms with E-state index in [2.05, 4.69) is 26.0 Å². The Morgan fingerprint density at radius 1 is 1.12 bits per heavy atom. The number of aromatic nitrogens is 2. The molecule has 24 heavy (non-hydrogen) atoms. The number of benzene rings is 2. The van der Waals surface area contributed by atoms with Crippen molar-refractivity contribution in [3.63, 3.8) is 0 Å². The molecule has 1 heterocycles. The van der Waals surface area contributed by atoms with Crippen molar-refractivity contribution in [2.24, 2.45) is 5.10 Å². The minimum Gasteiger partial charge on any atom is -0.267 e. The van der Waals surface area contributed by atoms with E-state index >= 15 is 0 Å². The van der Waals surface area contributed by atoms with E-state index in [1.165, 1.54) is 4.68 Å². The van der Waals surface area contributed by atoms with Crippen molar-refractivity contribution in [3.05, 3.63) is 74.7 Å². The third-order valence-electron chi connectivity index (χ3n) is 3.60. The molecule has 122 valence electrons. The molecule has 0 amide bonds. The highest BCUT2D eigenvalue weighted by Crippen LogP contribution is 2.22. The van der Waals surface area contributed by atoms with Gasteiger partial charge in [-0.15, -0.1) is 0 Å². The standard InChI is InChI=1S/C19H18BrN3O/c1-19(2,3)18-22-16-10-9-14(20)11-15(16)17(24)23(18)21-12-13-7-5-4-6-8-13/h4-12H,1-3H3. The highest BCUT2D eigenvalue weighted by molar-refractivity contribution is 9.10. The molecule has 0 saturated carbocycles. The van der Waals surface area contributed by atoms with E-state index in [-0.39, 0.29) is 11.0 Å². The average molecular weight is 384 g/mol. The zero-order valence-corrected chi connectivity index (χ0v) is 15.4. The monoisotopic (exact) mass is 383 g/mol. The molecule has 0 atom stereocenters. The molecule has 0 unspecified atom stereocenters. The van der Waals surface area contributed by atoms with Gasteiger partial charge in [0.05, 0.1) is 17.1 Å². The molecule has 1 aromatic heterocycles. The predicted octanol–water partition coefficient (Wildman–Crippen LogP) is 4.34. The summed E-state index contributed by atoms with van der Waals surface area (Å²) in [6, 6.07) is 15.2. The van der Waals surface area contributed by atoms with Gasteiger partial charge in [0, 0.05) is 9.89 Å². The van der Waals surface area contributed by atoms with Crippen molar-refractivity contribution in [1.82, 2.24) is 9.66 Å². The van der Waals surface area contributed by atoms with Gasteiger partial charge >= 0.3 is 0 Å². The lowest BCUT2D eigenvalue weighted by atomic mass is 9.95. The Labute approximate surface area is 149 Å². The van der Waals surface area contributed by atoms with Crippen molar-refractivity contribution < 1.29 is 0 Å². The predicted molar refractivity (Wildman–Crippen MR) is 102 cm³/mol. The highest BCUT2D eigenvalue weighted by Gasteiger charge is 2.22. The first-order valence-corrected chi connectivity index (χ1v) is 8.48. The van der Waals surface area contributed by atoms with Gasteiger partial charge in [0.1, 0.15) is 5.82 Å². The summed E-state index contributed by atoms with van der Waals surface area (Å²) in [6.45, 7) is 6.07. The van der Waals surface area contributed by atoms with Crippen molar-refractivity contribution in [2.75, 3.05) is 0 Å². The molecule has 2 aromatic carbocycles. The van der Waals surface area contributed by atoms with Crippen LogP contribution in [0.4, 0.5) is 0 Å². The molecule has 0 aliphatic carbocycles. The molecular formula is C19H18BrN3O. The Hall–Kier alpha value is -2.27. The molecule has 0 fully saturated rings. The van der Waals surface area contributed by atoms with Crippen LogP contribution in [-0.4, -0.2) is 15.9 Å². The van der Waals surface area contributed by atoms with E-state index in [9.17, 15) is 4.79 Å². The van der Waals surface area contributed by atoms with Crippen molar-refractivity contribution in [3.8, 4) is 0 Å². The van der Waals surface area contributed by atoms with Gasteiger partial charge in [-0.1, -0.05) is 67.0 Å². The van der Waals surface area contributed by atoms with Gasteiger partial charge in [0.2, 0.25) is 0 Å². The summed E-state index contributed by atoms with van der Waals surface area (Å²) in [5, 5.41) is 4.97. The minimum absolute atomic E-state index is 0.168. The summed E-state index contributed by atoms with van der Waals surface area (Å²) in [5.41, 5.74) is 1.13. The van der Waals surface area contributed by atoms with Gasteiger partial charge in [-0.25, -0.2) is 4.98 Å². The van der Waals surface area contributed by atoms with Gasteiger partial charge in [-0.3, -0.25) is 4.79 Å². The summed E-state index contributed by atoms with van der Waals surface area (Å²) in [7, 11) is 0. The number of fused-ring (bicyclic) bond motifs is 1. The van der Waals surface area contributed by atoms with E-state index in [4.69, 9.17) is 0 Å². The van der Waals surface area contributed by atoms with Crippen LogP contribution < -0.4 is 5.56 Å². The van der Waals surface area contributed by atoms with E-state index in [1.807, 2.05) is 63.2 Å². The van der Waals surface area contributed by atoms with Gasteiger partial charge in [-0.2, -0.15) is 9.78 Å². The summed E-state index contributed by atoms with van der Waals surface area (Å²) in [4.78, 5) is 17.6. The fraction of sp³-hybridized carbons (Fsp3) is 0.211. The second kappa shape index (κ2) is 6.32. The first-order chi connectivity index (χ1) is 11.4. The molecule has 4 nitrogen and oxygen atoms in total. The minimum atomic E-state index is -0.311. The molecule has 3 rings (SSSR count). The molecule has 3 aromatic rings. The van der Waals surface area contributed by atoms with Crippen LogP contribution in [0.1, 0.15) is 32.2 Å². The number of hydrogen-bond acceptors (Lipinski definition) is 3. The van der Waals surface area contributed by atoms with Gasteiger partial charge in [0.25, 0.3) is 5.56 Å². The lowest BCUT2D eigenvalue weighted by Crippen LogP contribution is -2.29. The van der Waals surface area contributed by atoms with Crippen molar-refractivity contribution in [2.45, 2.75) is 26.2 Å². The zero-order valence-electron chi connectivity index (χ0n) is 13.8. The second-order valence-electron chi connectivity index (χ2n) is 6.62. The Morgan fingerprint density at radius 2 is 1.83 bits per heavy atom. The third kappa shape index (κ3) is 3.31. The summed E-state index contributed by atoms with van der Waals surface area (Å²) in [5.74, 6) is 0.634. The third-order valence-corrected chi connectivity index (χ3v) is 4.09. The number of hydrogen-bond donors (Lipinski definition) is 0. The van der Waals surface area contributed by atoms with Gasteiger partial charge < -0.3 is 0 Å². The van der Waals surface area contributed by atoms with E-state index in [1.54, 1.807) is 12.3 Å². The van der Waals surface area contributed by atoms with Crippen LogP contribution in [0.15, 0.2) is 62.9 Å². The SMILES string of the molecule is CC(C)(C)c1nc2ccc(Br)cc2c(=O)n1N=Cc1ccccc1. The Morgan fingerprint density at radius 3 is 2.50 bits per heavy atom. The van der Waals surface area contributed by atoms with Gasteiger partial charge in [0.15, 0.2) is 0 Å². The largest absolute Gasteiger partial charge is 0.282 e. The van der Waals surface area contributed by atoms with Crippen molar-refractivity contribution >= 4 is 33.0 Å². The van der Waals surface area contributed by atoms with Crippen LogP contribution in [0, 0.1) is 0 Å². The highest BCUT2D eigenvalue weighted by atomic mass is 79.9. The van der Waals surface area contributed by atoms with E-state index < -0.39 is 0 Å². The Kier molecular flexibility index (Phi) is 4.37. The quantitative estimate of drug-likeness (QED) is 0.617. The molecule has 0 N–H and O–H groups in total. The number of halogens is 1. The van der Waals surface area contributed by atoms with Crippen LogP contribution in [-0.2, 0) is 5.41 Å². The maximum atomic E-state index is 13.0. The van der Waals surface area contributed by atoms with E-state index in [0.29, 0.717) is 16.7 Å². The molecule has 0 saturated heterocycles. The van der Waals surface area contributed by atoms with Crippen molar-refractivity contribution in [1.29, 1.82) is 0 Å².